The second-order valence-corrected chi connectivity index (χ2v) is 4.47. The van der Waals surface area contributed by atoms with Gasteiger partial charge in [-0.3, -0.25) is 5.32 Å². The number of nitrogens with one attached hydrogen (secondary N) is 3. The van der Waals surface area contributed by atoms with Crippen LogP contribution in [0.1, 0.15) is 25.1 Å². The Labute approximate surface area is 109 Å². The molecule has 0 aromatic carbocycles. The number of rotatable bonds is 3. The Morgan fingerprint density at radius 2 is 2.26 bits per heavy atom. The highest BCUT2D eigenvalue weighted by atomic mass is 16.2. The third-order valence-electron chi connectivity index (χ3n) is 3.24. The van der Waals surface area contributed by atoms with Crippen molar-refractivity contribution in [3.8, 4) is 0 Å². The molecule has 3 rings (SSSR count). The number of carbonyl (C=O) groups excluding carboxylic acids is 1. The SMILES string of the molecule is O=C(Nc1ccccn1)NC1(c2nn[nH]n2)CCC1. The van der Waals surface area contributed by atoms with Crippen molar-refractivity contribution in [3.63, 3.8) is 0 Å². The van der Waals surface area contributed by atoms with Gasteiger partial charge in [0.1, 0.15) is 11.4 Å². The molecule has 1 fully saturated rings. The predicted molar refractivity (Wildman–Crippen MR) is 66.1 cm³/mol. The summed E-state index contributed by atoms with van der Waals surface area (Å²) in [4.78, 5) is 16.0. The van der Waals surface area contributed by atoms with Gasteiger partial charge in [0.05, 0.1) is 0 Å². The summed E-state index contributed by atoms with van der Waals surface area (Å²) in [5.74, 6) is 1.03. The van der Waals surface area contributed by atoms with E-state index in [1.165, 1.54) is 0 Å². The molecular weight excluding hydrogens is 246 g/mol. The first-order valence-corrected chi connectivity index (χ1v) is 6.03. The smallest absolute Gasteiger partial charge is 0.321 e. The highest BCUT2D eigenvalue weighted by molar-refractivity contribution is 5.88. The summed E-state index contributed by atoms with van der Waals surface area (Å²) in [6, 6.07) is 5.00. The van der Waals surface area contributed by atoms with Crippen LogP contribution in [-0.2, 0) is 5.54 Å². The summed E-state index contributed by atoms with van der Waals surface area (Å²) in [5, 5.41) is 19.5. The molecule has 0 spiro atoms. The molecule has 2 aromatic rings. The van der Waals surface area contributed by atoms with Gasteiger partial charge in [0, 0.05) is 6.20 Å². The van der Waals surface area contributed by atoms with Crippen LogP contribution in [0.5, 0.6) is 0 Å². The molecule has 2 aromatic heterocycles. The van der Waals surface area contributed by atoms with Gasteiger partial charge in [-0.15, -0.1) is 10.2 Å². The van der Waals surface area contributed by atoms with Crippen LogP contribution in [0.2, 0.25) is 0 Å². The van der Waals surface area contributed by atoms with Crippen LogP contribution < -0.4 is 10.6 Å². The highest BCUT2D eigenvalue weighted by Crippen LogP contribution is 2.39. The van der Waals surface area contributed by atoms with Crippen molar-refractivity contribution in [2.45, 2.75) is 24.8 Å². The maximum Gasteiger partial charge on any atom is 0.321 e. The summed E-state index contributed by atoms with van der Waals surface area (Å²) in [6.45, 7) is 0. The lowest BCUT2D eigenvalue weighted by Crippen LogP contribution is -2.53. The highest BCUT2D eigenvalue weighted by Gasteiger charge is 2.43. The van der Waals surface area contributed by atoms with Gasteiger partial charge in [-0.05, 0) is 31.4 Å². The molecule has 1 aliphatic carbocycles. The third kappa shape index (κ3) is 2.24. The first-order valence-electron chi connectivity index (χ1n) is 6.03. The molecular formula is C11H13N7O. The van der Waals surface area contributed by atoms with E-state index in [9.17, 15) is 4.79 Å². The minimum atomic E-state index is -0.508. The third-order valence-corrected chi connectivity index (χ3v) is 3.24. The second kappa shape index (κ2) is 4.63. The van der Waals surface area contributed by atoms with Crippen molar-refractivity contribution < 1.29 is 4.79 Å². The zero-order chi connectivity index (χ0) is 13.1. The number of aromatic amines is 1. The lowest BCUT2D eigenvalue weighted by molar-refractivity contribution is 0.175. The average Bonchev–Trinajstić information content (AvgIpc) is 2.89. The number of amides is 2. The summed E-state index contributed by atoms with van der Waals surface area (Å²) in [7, 11) is 0. The number of hydrogen-bond acceptors (Lipinski definition) is 5. The normalized spacial score (nSPS) is 16.4. The molecule has 0 bridgehead atoms. The van der Waals surface area contributed by atoms with E-state index >= 15 is 0 Å². The number of carbonyl (C=O) groups is 1. The lowest BCUT2D eigenvalue weighted by Gasteiger charge is -2.39. The topological polar surface area (TPSA) is 108 Å². The standard InChI is InChI=1S/C11H13N7O/c19-10(13-8-4-1-2-7-12-8)14-11(5-3-6-11)9-15-17-18-16-9/h1-2,4,7H,3,5-6H2,(H2,12,13,14,19)(H,15,16,17,18). The quantitative estimate of drug-likeness (QED) is 0.755. The lowest BCUT2D eigenvalue weighted by atomic mass is 9.76. The first kappa shape index (κ1) is 11.6. The van der Waals surface area contributed by atoms with Crippen LogP contribution >= 0.6 is 0 Å². The van der Waals surface area contributed by atoms with E-state index in [1.807, 2.05) is 0 Å². The Hall–Kier alpha value is -2.51. The number of tetrazole rings is 1. The Morgan fingerprint density at radius 1 is 1.37 bits per heavy atom. The molecule has 0 radical (unpaired) electrons. The fourth-order valence-corrected chi connectivity index (χ4v) is 2.10. The fraction of sp³-hybridized carbons (Fsp3) is 0.364. The summed E-state index contributed by atoms with van der Waals surface area (Å²) in [6.07, 6.45) is 4.26. The molecule has 0 saturated heterocycles. The molecule has 0 atom stereocenters. The summed E-state index contributed by atoms with van der Waals surface area (Å²) in [5.41, 5.74) is -0.508. The van der Waals surface area contributed by atoms with Crippen molar-refractivity contribution >= 4 is 11.8 Å². The van der Waals surface area contributed by atoms with Gasteiger partial charge in [0.25, 0.3) is 0 Å². The molecule has 2 heterocycles. The molecule has 3 N–H and O–H groups in total. The van der Waals surface area contributed by atoms with Gasteiger partial charge in [-0.1, -0.05) is 11.3 Å². The molecule has 98 valence electrons. The second-order valence-electron chi connectivity index (χ2n) is 4.47. The van der Waals surface area contributed by atoms with E-state index in [2.05, 4.69) is 36.2 Å². The Kier molecular flexibility index (Phi) is 2.82. The van der Waals surface area contributed by atoms with Crippen LogP contribution in [0.3, 0.4) is 0 Å². The Morgan fingerprint density at radius 3 is 2.84 bits per heavy atom. The zero-order valence-electron chi connectivity index (χ0n) is 10.1. The molecule has 2 amide bonds. The number of aromatic nitrogens is 5. The minimum Gasteiger partial charge on any atom is -0.325 e. The Bertz CT molecular complexity index is 550. The maximum absolute atomic E-state index is 12.0. The average molecular weight is 259 g/mol. The number of H-pyrrole nitrogens is 1. The van der Waals surface area contributed by atoms with Gasteiger partial charge in [0.2, 0.25) is 0 Å². The van der Waals surface area contributed by atoms with E-state index in [0.717, 1.165) is 19.3 Å². The summed E-state index contributed by atoms with van der Waals surface area (Å²) < 4.78 is 0. The van der Waals surface area contributed by atoms with Crippen LogP contribution in [-0.4, -0.2) is 31.6 Å². The molecule has 1 aliphatic rings. The molecule has 8 nitrogen and oxygen atoms in total. The van der Waals surface area contributed by atoms with Crippen molar-refractivity contribution in [3.05, 3.63) is 30.2 Å². The number of anilines is 1. The van der Waals surface area contributed by atoms with Crippen LogP contribution in [0.25, 0.3) is 0 Å². The maximum atomic E-state index is 12.0. The van der Waals surface area contributed by atoms with Gasteiger partial charge in [-0.25, -0.2) is 9.78 Å². The van der Waals surface area contributed by atoms with Crippen LogP contribution in [0, 0.1) is 0 Å². The molecule has 8 heteroatoms. The van der Waals surface area contributed by atoms with Crippen LogP contribution in [0.15, 0.2) is 24.4 Å². The molecule has 0 aliphatic heterocycles. The van der Waals surface area contributed by atoms with E-state index in [0.29, 0.717) is 11.6 Å². The largest absolute Gasteiger partial charge is 0.325 e. The number of urea groups is 1. The number of nitrogens with zero attached hydrogens (tertiary/aromatic N) is 4. The van der Waals surface area contributed by atoms with Crippen molar-refractivity contribution in [2.24, 2.45) is 0 Å². The zero-order valence-corrected chi connectivity index (χ0v) is 10.1. The molecule has 19 heavy (non-hydrogen) atoms. The van der Waals surface area contributed by atoms with Crippen molar-refractivity contribution in [1.82, 2.24) is 30.9 Å². The van der Waals surface area contributed by atoms with Crippen molar-refractivity contribution in [2.75, 3.05) is 5.32 Å². The van der Waals surface area contributed by atoms with E-state index < -0.39 is 5.54 Å². The first-order chi connectivity index (χ1) is 9.28. The van der Waals surface area contributed by atoms with Gasteiger partial charge >= 0.3 is 6.03 Å². The monoisotopic (exact) mass is 259 g/mol. The molecule has 1 saturated carbocycles. The van der Waals surface area contributed by atoms with Gasteiger partial charge < -0.3 is 5.32 Å². The Balaban J connectivity index is 1.69. The van der Waals surface area contributed by atoms with Gasteiger partial charge in [0.15, 0.2) is 5.82 Å². The number of pyridine rings is 1. The summed E-state index contributed by atoms with van der Waals surface area (Å²) >= 11 is 0. The van der Waals surface area contributed by atoms with Crippen molar-refractivity contribution in [1.29, 1.82) is 0 Å². The molecule has 0 unspecified atom stereocenters. The minimum absolute atomic E-state index is 0.316. The van der Waals surface area contributed by atoms with Crippen LogP contribution in [0.4, 0.5) is 10.6 Å². The van der Waals surface area contributed by atoms with Gasteiger partial charge in [-0.2, -0.15) is 5.21 Å². The van der Waals surface area contributed by atoms with E-state index in [4.69, 9.17) is 0 Å². The van der Waals surface area contributed by atoms with E-state index in [-0.39, 0.29) is 6.03 Å². The number of hydrogen-bond donors (Lipinski definition) is 3. The van der Waals surface area contributed by atoms with E-state index in [1.54, 1.807) is 24.4 Å². The predicted octanol–water partition coefficient (Wildman–Crippen LogP) is 0.796. The fourth-order valence-electron chi connectivity index (χ4n) is 2.10.